The normalized spacial score (nSPS) is 12.4. The molecule has 0 bridgehead atoms. The van der Waals surface area contributed by atoms with E-state index in [0.29, 0.717) is 0 Å². The smallest absolute Gasteiger partial charge is 0.409 e. The van der Waals surface area contributed by atoms with Gasteiger partial charge in [0.1, 0.15) is 11.4 Å². The monoisotopic (exact) mass is 509 g/mol. The van der Waals surface area contributed by atoms with Crippen molar-refractivity contribution in [1.82, 2.24) is 24.3 Å². The number of H-pyrrole nitrogens is 1. The zero-order valence-corrected chi connectivity index (χ0v) is 22.3. The molecule has 8 nitrogen and oxygen atoms in total. The van der Waals surface area contributed by atoms with Crippen LogP contribution in [0.4, 0.5) is 4.79 Å². The Hall–Kier alpha value is -3.59. The number of rotatable bonds is 4. The Balaban J connectivity index is 0.000000189. The number of likely N-dealkylation sites (tertiary alicyclic amines) is 1. The fraction of sp³-hybridized carbons (Fsp3) is 0.370. The molecule has 0 unspecified atom stereocenters. The molecule has 2 amide bonds. The SMILES string of the molecule is CCC.COC(=O)N(C)CC(=O)N1CCCC1.c1ccc(-n2ccc3c(-c4cnc[nH]4)csc32)cc1. The molecule has 4 aromatic rings. The van der Waals surface area contributed by atoms with Gasteiger partial charge in [-0.1, -0.05) is 38.5 Å². The number of imidazole rings is 1. The lowest BCUT2D eigenvalue weighted by molar-refractivity contribution is -0.130. The Kier molecular flexibility index (Phi) is 10.1. The molecule has 4 heterocycles. The van der Waals surface area contributed by atoms with Gasteiger partial charge in [-0.15, -0.1) is 11.3 Å². The summed E-state index contributed by atoms with van der Waals surface area (Å²) in [6.07, 6.45) is 8.60. The molecule has 1 aliphatic rings. The number of fused-ring (bicyclic) bond motifs is 1. The van der Waals surface area contributed by atoms with Gasteiger partial charge in [0.15, 0.2) is 0 Å². The first-order valence-corrected chi connectivity index (χ1v) is 13.1. The van der Waals surface area contributed by atoms with E-state index in [1.165, 1.54) is 39.9 Å². The highest BCUT2D eigenvalue weighted by Crippen LogP contribution is 2.34. The third-order valence-corrected chi connectivity index (χ3v) is 6.55. The van der Waals surface area contributed by atoms with Crippen molar-refractivity contribution in [2.45, 2.75) is 33.1 Å². The van der Waals surface area contributed by atoms with Crippen molar-refractivity contribution in [3.63, 3.8) is 0 Å². The fourth-order valence-corrected chi connectivity index (χ4v) is 4.88. The predicted octanol–water partition coefficient (Wildman–Crippen LogP) is 5.81. The second kappa shape index (κ2) is 13.5. The first-order valence-electron chi connectivity index (χ1n) is 12.2. The zero-order valence-electron chi connectivity index (χ0n) is 21.4. The maximum absolute atomic E-state index is 11.6. The van der Waals surface area contributed by atoms with E-state index in [4.69, 9.17) is 0 Å². The van der Waals surface area contributed by atoms with Gasteiger partial charge >= 0.3 is 6.09 Å². The molecular formula is C27H35N5O3S. The van der Waals surface area contributed by atoms with E-state index >= 15 is 0 Å². The van der Waals surface area contributed by atoms with Crippen molar-refractivity contribution in [3.05, 3.63) is 60.5 Å². The predicted molar refractivity (Wildman–Crippen MR) is 146 cm³/mol. The summed E-state index contributed by atoms with van der Waals surface area (Å²) in [5, 5.41) is 3.44. The lowest BCUT2D eigenvalue weighted by Gasteiger charge is -2.20. The molecular weight excluding hydrogens is 474 g/mol. The van der Waals surface area contributed by atoms with Gasteiger partial charge in [0.05, 0.1) is 25.3 Å². The molecule has 36 heavy (non-hydrogen) atoms. The van der Waals surface area contributed by atoms with Crippen LogP contribution in [0.1, 0.15) is 33.1 Å². The summed E-state index contributed by atoms with van der Waals surface area (Å²) in [6.45, 7) is 5.98. The molecule has 0 radical (unpaired) electrons. The summed E-state index contributed by atoms with van der Waals surface area (Å²) in [4.78, 5) is 34.1. The van der Waals surface area contributed by atoms with Crippen LogP contribution in [0.15, 0.2) is 60.5 Å². The number of benzene rings is 1. The van der Waals surface area contributed by atoms with Gasteiger partial charge in [-0.2, -0.15) is 0 Å². The number of hydrogen-bond acceptors (Lipinski definition) is 5. The lowest BCUT2D eigenvalue weighted by atomic mass is 10.2. The van der Waals surface area contributed by atoms with E-state index in [2.05, 4.69) is 75.0 Å². The second-order valence-electron chi connectivity index (χ2n) is 8.48. The number of aromatic amines is 1. The standard InChI is InChI=1S/C15H11N3S.C9H16N2O3.C3H8/c1-2-4-11(5-3-1)18-7-6-12-13(9-19-15(12)18)14-8-16-10-17-14;1-10(9(13)14-2)7-8(12)11-5-3-4-6-11;1-3-2/h1-10H,(H,16,17);3-7H2,1-2H3;3H2,1-2H3. The van der Waals surface area contributed by atoms with E-state index in [1.807, 2.05) is 12.3 Å². The molecule has 0 aliphatic carbocycles. The van der Waals surface area contributed by atoms with Crippen molar-refractivity contribution in [1.29, 1.82) is 0 Å². The molecule has 192 valence electrons. The fourth-order valence-electron chi connectivity index (χ4n) is 3.81. The molecule has 0 saturated carbocycles. The molecule has 1 saturated heterocycles. The number of hydrogen-bond donors (Lipinski definition) is 1. The van der Waals surface area contributed by atoms with Crippen molar-refractivity contribution in [2.24, 2.45) is 0 Å². The maximum atomic E-state index is 11.6. The number of ether oxygens (including phenoxy) is 1. The van der Waals surface area contributed by atoms with E-state index in [-0.39, 0.29) is 12.5 Å². The van der Waals surface area contributed by atoms with Gasteiger partial charge in [-0.3, -0.25) is 4.79 Å². The minimum atomic E-state index is -0.474. The van der Waals surface area contributed by atoms with Gasteiger partial charge in [0, 0.05) is 48.4 Å². The largest absolute Gasteiger partial charge is 0.453 e. The van der Waals surface area contributed by atoms with E-state index in [0.717, 1.165) is 31.6 Å². The van der Waals surface area contributed by atoms with Crippen LogP contribution in [-0.2, 0) is 9.53 Å². The van der Waals surface area contributed by atoms with Gasteiger partial charge in [-0.25, -0.2) is 9.78 Å². The van der Waals surface area contributed by atoms with Gasteiger partial charge < -0.3 is 24.1 Å². The number of aromatic nitrogens is 3. The molecule has 1 fully saturated rings. The summed E-state index contributed by atoms with van der Waals surface area (Å²) >= 11 is 1.76. The van der Waals surface area contributed by atoms with Crippen molar-refractivity contribution in [2.75, 3.05) is 33.8 Å². The summed E-state index contributed by atoms with van der Waals surface area (Å²) in [5.41, 5.74) is 3.47. The van der Waals surface area contributed by atoms with Crippen molar-refractivity contribution in [3.8, 4) is 16.9 Å². The van der Waals surface area contributed by atoms with E-state index in [9.17, 15) is 9.59 Å². The number of nitrogens with one attached hydrogen (secondary N) is 1. The third-order valence-electron chi connectivity index (χ3n) is 5.56. The quantitative estimate of drug-likeness (QED) is 0.377. The lowest BCUT2D eigenvalue weighted by Crippen LogP contribution is -2.39. The van der Waals surface area contributed by atoms with Gasteiger partial charge in [0.25, 0.3) is 0 Å². The molecule has 5 rings (SSSR count). The van der Waals surface area contributed by atoms with Gasteiger partial charge in [0.2, 0.25) is 5.91 Å². The molecule has 9 heteroatoms. The molecule has 1 aliphatic heterocycles. The Bertz CT molecular complexity index is 1210. The van der Waals surface area contributed by atoms with E-state index in [1.54, 1.807) is 29.6 Å². The number of nitrogens with zero attached hydrogens (tertiary/aromatic N) is 4. The topological polar surface area (TPSA) is 83.5 Å². The van der Waals surface area contributed by atoms with Crippen LogP contribution in [-0.4, -0.2) is 70.1 Å². The summed E-state index contributed by atoms with van der Waals surface area (Å²) in [6, 6.07) is 12.6. The van der Waals surface area contributed by atoms with Crippen LogP contribution >= 0.6 is 11.3 Å². The van der Waals surface area contributed by atoms with E-state index < -0.39 is 6.09 Å². The van der Waals surface area contributed by atoms with Gasteiger partial charge in [-0.05, 0) is 31.0 Å². The van der Waals surface area contributed by atoms with Crippen molar-refractivity contribution >= 4 is 33.6 Å². The zero-order chi connectivity index (χ0) is 25.9. The number of carbonyl (C=O) groups is 2. The van der Waals surface area contributed by atoms with Crippen LogP contribution in [0.5, 0.6) is 0 Å². The number of para-hydroxylation sites is 1. The number of thiophene rings is 1. The number of amides is 2. The summed E-state index contributed by atoms with van der Waals surface area (Å²) in [7, 11) is 2.86. The highest BCUT2D eigenvalue weighted by molar-refractivity contribution is 7.17. The molecule has 0 spiro atoms. The Labute approximate surface area is 216 Å². The van der Waals surface area contributed by atoms with Crippen LogP contribution in [0.25, 0.3) is 27.2 Å². The Morgan fingerprint density at radius 3 is 2.44 bits per heavy atom. The second-order valence-corrected chi connectivity index (χ2v) is 9.33. The number of carbonyl (C=O) groups excluding carboxylic acids is 2. The molecule has 1 aromatic carbocycles. The van der Waals surface area contributed by atoms with Crippen LogP contribution in [0.2, 0.25) is 0 Å². The Morgan fingerprint density at radius 2 is 1.83 bits per heavy atom. The minimum Gasteiger partial charge on any atom is -0.453 e. The van der Waals surface area contributed by atoms with Crippen LogP contribution < -0.4 is 0 Å². The first kappa shape index (κ1) is 27.0. The first-order chi connectivity index (χ1) is 17.5. The molecule has 3 aromatic heterocycles. The average molecular weight is 510 g/mol. The highest BCUT2D eigenvalue weighted by atomic mass is 32.1. The third kappa shape index (κ3) is 6.75. The maximum Gasteiger partial charge on any atom is 0.409 e. The van der Waals surface area contributed by atoms with Crippen LogP contribution in [0.3, 0.4) is 0 Å². The average Bonchev–Trinajstić information content (AvgIpc) is 3.69. The summed E-state index contributed by atoms with van der Waals surface area (Å²) in [5.74, 6) is -0.00426. The van der Waals surface area contributed by atoms with Crippen molar-refractivity contribution < 1.29 is 14.3 Å². The highest BCUT2D eigenvalue weighted by Gasteiger charge is 2.21. The molecule has 0 atom stereocenters. The minimum absolute atomic E-state index is 0.00426. The number of methoxy groups -OCH3 is 1. The van der Waals surface area contributed by atoms with Crippen LogP contribution in [0, 0.1) is 0 Å². The molecule has 1 N–H and O–H groups in total. The Morgan fingerprint density at radius 1 is 1.14 bits per heavy atom. The summed E-state index contributed by atoms with van der Waals surface area (Å²) < 4.78 is 6.71. The number of likely N-dealkylation sites (N-methyl/N-ethyl adjacent to an activating group) is 1.